The lowest BCUT2D eigenvalue weighted by atomic mass is 10.3. The summed E-state index contributed by atoms with van der Waals surface area (Å²) < 4.78 is 3.83. The fraction of sp³-hybridized carbons (Fsp3) is 0.167. The Bertz CT molecular complexity index is 305. The molecule has 4 nitrogen and oxygen atoms in total. The van der Waals surface area contributed by atoms with E-state index < -0.39 is 11.7 Å². The fourth-order valence-electron chi connectivity index (χ4n) is 0.592. The number of nitrogens with two attached hydrogens (primary N) is 1. The highest BCUT2D eigenvalue weighted by Crippen LogP contribution is 2.08. The normalized spacial score (nSPS) is 9.55. The van der Waals surface area contributed by atoms with E-state index in [1.54, 1.807) is 6.92 Å². The van der Waals surface area contributed by atoms with Gasteiger partial charge in [-0.15, -0.1) is 0 Å². The minimum atomic E-state index is -0.936. The second-order valence-electron chi connectivity index (χ2n) is 2.03. The first-order valence-electron chi connectivity index (χ1n) is 2.88. The van der Waals surface area contributed by atoms with E-state index in [-0.39, 0.29) is 0 Å². The van der Waals surface area contributed by atoms with E-state index in [1.165, 1.54) is 6.07 Å². The third-order valence-electron chi connectivity index (χ3n) is 1.08. The van der Waals surface area contributed by atoms with Crippen molar-refractivity contribution in [3.05, 3.63) is 16.6 Å². The van der Waals surface area contributed by atoms with Gasteiger partial charge < -0.3 is 5.73 Å². The molecule has 58 valence electrons. The van der Waals surface area contributed by atoms with Gasteiger partial charge in [0.15, 0.2) is 0 Å². The second-order valence-corrected chi connectivity index (χ2v) is 2.83. The van der Waals surface area contributed by atoms with E-state index in [0.29, 0.717) is 4.88 Å². The maximum atomic E-state index is 10.9. The Morgan fingerprint density at radius 3 is 2.64 bits per heavy atom. The summed E-state index contributed by atoms with van der Waals surface area (Å²) in [5.41, 5.74) is 5.49. The van der Waals surface area contributed by atoms with Crippen molar-refractivity contribution in [3.8, 4) is 0 Å². The summed E-state index contributed by atoms with van der Waals surface area (Å²) >= 11 is 0.986. The number of Topliss-reactive ketones (excluding diaryl/α,β-unsaturated/α-hetero) is 1. The molecule has 0 bridgehead atoms. The molecule has 0 atom stereocenters. The molecule has 0 unspecified atom stereocenters. The van der Waals surface area contributed by atoms with Gasteiger partial charge in [0.1, 0.15) is 4.88 Å². The molecule has 1 aromatic rings. The summed E-state index contributed by atoms with van der Waals surface area (Å²) in [7, 11) is 0. The van der Waals surface area contributed by atoms with Crippen LogP contribution in [0.1, 0.15) is 15.4 Å². The average Bonchev–Trinajstić information content (AvgIpc) is 2.34. The van der Waals surface area contributed by atoms with Gasteiger partial charge in [-0.25, -0.2) is 0 Å². The lowest BCUT2D eigenvalue weighted by Gasteiger charge is -1.85. The number of nitrogens with zero attached hydrogens (tertiary/aromatic N) is 1. The van der Waals surface area contributed by atoms with E-state index in [1.807, 2.05) is 0 Å². The van der Waals surface area contributed by atoms with Gasteiger partial charge in [-0.1, -0.05) is 0 Å². The van der Waals surface area contributed by atoms with Gasteiger partial charge >= 0.3 is 0 Å². The van der Waals surface area contributed by atoms with Crippen LogP contribution in [0.3, 0.4) is 0 Å². The Kier molecular flexibility index (Phi) is 2.00. The number of carbonyl (C=O) groups is 2. The highest BCUT2D eigenvalue weighted by Gasteiger charge is 2.14. The van der Waals surface area contributed by atoms with Gasteiger partial charge in [0.2, 0.25) is 0 Å². The summed E-state index contributed by atoms with van der Waals surface area (Å²) in [6.45, 7) is 1.74. The van der Waals surface area contributed by atoms with Crippen molar-refractivity contribution in [3.63, 3.8) is 0 Å². The Hall–Kier alpha value is -1.23. The molecule has 11 heavy (non-hydrogen) atoms. The zero-order valence-electron chi connectivity index (χ0n) is 5.83. The second kappa shape index (κ2) is 2.79. The maximum Gasteiger partial charge on any atom is 0.290 e. The highest BCUT2D eigenvalue weighted by atomic mass is 32.1. The van der Waals surface area contributed by atoms with Crippen LogP contribution in [-0.4, -0.2) is 16.1 Å². The van der Waals surface area contributed by atoms with Crippen molar-refractivity contribution >= 4 is 23.2 Å². The lowest BCUT2D eigenvalue weighted by Crippen LogP contribution is -2.22. The molecule has 0 aliphatic carbocycles. The van der Waals surface area contributed by atoms with Crippen LogP contribution in [0.2, 0.25) is 0 Å². The van der Waals surface area contributed by atoms with Crippen LogP contribution < -0.4 is 5.73 Å². The molecule has 1 amide bonds. The van der Waals surface area contributed by atoms with Crippen LogP contribution >= 0.6 is 11.5 Å². The predicted octanol–water partition coefficient (Wildman–Crippen LogP) is 0.120. The van der Waals surface area contributed by atoms with Gasteiger partial charge in [0.25, 0.3) is 11.7 Å². The summed E-state index contributed by atoms with van der Waals surface area (Å²) in [6, 6.07) is 1.54. The number of amides is 1. The van der Waals surface area contributed by atoms with Crippen LogP contribution in [0, 0.1) is 6.92 Å². The van der Waals surface area contributed by atoms with Crippen molar-refractivity contribution in [1.82, 2.24) is 4.37 Å². The first kappa shape index (κ1) is 7.87. The fourth-order valence-corrected chi connectivity index (χ4v) is 1.29. The predicted molar refractivity (Wildman–Crippen MR) is 40.4 cm³/mol. The number of aromatic nitrogens is 1. The molecule has 0 aliphatic rings. The van der Waals surface area contributed by atoms with Crippen LogP contribution in [0.4, 0.5) is 0 Å². The van der Waals surface area contributed by atoms with Crippen molar-refractivity contribution in [1.29, 1.82) is 0 Å². The van der Waals surface area contributed by atoms with Gasteiger partial charge in [-0.2, -0.15) is 4.37 Å². The number of ketones is 1. The molecule has 1 rings (SSSR count). The highest BCUT2D eigenvalue weighted by molar-refractivity contribution is 7.09. The molecule has 0 radical (unpaired) electrons. The number of aryl methyl sites for hydroxylation is 1. The molecule has 1 aromatic heterocycles. The number of primary amides is 1. The molecule has 0 saturated heterocycles. The largest absolute Gasteiger partial charge is 0.363 e. The summed E-state index contributed by atoms with van der Waals surface area (Å²) in [5.74, 6) is -1.61. The molecule has 0 aliphatic heterocycles. The van der Waals surface area contributed by atoms with E-state index >= 15 is 0 Å². The Morgan fingerprint density at radius 2 is 2.27 bits per heavy atom. The van der Waals surface area contributed by atoms with Crippen molar-refractivity contribution in [2.24, 2.45) is 5.73 Å². The molecule has 0 aromatic carbocycles. The minimum Gasteiger partial charge on any atom is -0.363 e. The van der Waals surface area contributed by atoms with Gasteiger partial charge in [0.05, 0.1) is 5.69 Å². The van der Waals surface area contributed by atoms with Gasteiger partial charge in [-0.3, -0.25) is 9.59 Å². The van der Waals surface area contributed by atoms with Crippen molar-refractivity contribution < 1.29 is 9.59 Å². The molecular formula is C6H6N2O2S. The number of carbonyl (C=O) groups excluding carboxylic acids is 2. The third kappa shape index (κ3) is 1.62. The van der Waals surface area contributed by atoms with Crippen LogP contribution in [0.5, 0.6) is 0 Å². The van der Waals surface area contributed by atoms with Crippen LogP contribution in [0.25, 0.3) is 0 Å². The molecule has 5 heteroatoms. The summed E-state index contributed by atoms with van der Waals surface area (Å²) in [6.07, 6.45) is 0. The molecule has 0 saturated carbocycles. The Morgan fingerprint density at radius 1 is 1.64 bits per heavy atom. The molecule has 0 spiro atoms. The van der Waals surface area contributed by atoms with E-state index in [0.717, 1.165) is 17.2 Å². The van der Waals surface area contributed by atoms with Gasteiger partial charge in [-0.05, 0) is 24.5 Å². The average molecular weight is 170 g/mol. The topological polar surface area (TPSA) is 73.1 Å². The van der Waals surface area contributed by atoms with E-state index in [2.05, 4.69) is 4.37 Å². The minimum absolute atomic E-state index is 0.301. The van der Waals surface area contributed by atoms with Crippen LogP contribution in [0.15, 0.2) is 6.07 Å². The first-order chi connectivity index (χ1) is 5.11. The van der Waals surface area contributed by atoms with Crippen molar-refractivity contribution in [2.45, 2.75) is 6.92 Å². The molecule has 0 fully saturated rings. The number of rotatable bonds is 2. The Labute approximate surface area is 67.2 Å². The quantitative estimate of drug-likeness (QED) is 0.506. The number of hydrogen-bond acceptors (Lipinski definition) is 4. The summed E-state index contributed by atoms with van der Waals surface area (Å²) in [4.78, 5) is 21.5. The molecular weight excluding hydrogens is 164 g/mol. The number of hydrogen-bond donors (Lipinski definition) is 1. The zero-order valence-corrected chi connectivity index (χ0v) is 6.64. The third-order valence-corrected chi connectivity index (χ3v) is 1.95. The molecule has 2 N–H and O–H groups in total. The first-order valence-corrected chi connectivity index (χ1v) is 3.66. The van der Waals surface area contributed by atoms with Gasteiger partial charge in [0, 0.05) is 0 Å². The molecule has 1 heterocycles. The lowest BCUT2D eigenvalue weighted by molar-refractivity contribution is -0.114. The van der Waals surface area contributed by atoms with Crippen LogP contribution in [-0.2, 0) is 4.79 Å². The van der Waals surface area contributed by atoms with E-state index in [4.69, 9.17) is 5.73 Å². The standard InChI is InChI=1S/C6H6N2O2S/c1-3-2-4(11-8-3)5(9)6(7)10/h2H,1H3,(H2,7,10). The zero-order chi connectivity index (χ0) is 8.43. The maximum absolute atomic E-state index is 10.9. The Balaban J connectivity index is 2.94. The van der Waals surface area contributed by atoms with E-state index in [9.17, 15) is 9.59 Å². The van der Waals surface area contributed by atoms with Crippen molar-refractivity contribution in [2.75, 3.05) is 0 Å². The smallest absolute Gasteiger partial charge is 0.290 e. The SMILES string of the molecule is Cc1cc(C(=O)C(N)=O)sn1. The summed E-state index contributed by atoms with van der Waals surface area (Å²) in [5, 5.41) is 0. The monoisotopic (exact) mass is 170 g/mol.